The first-order valence-electron chi connectivity index (χ1n) is 6.88. The van der Waals surface area contributed by atoms with E-state index in [2.05, 4.69) is 6.08 Å². The van der Waals surface area contributed by atoms with Crippen molar-refractivity contribution >= 4 is 0 Å². The smallest absolute Gasteiger partial charge is 0.159 e. The molecular weight excluding hydrogens is 256 g/mol. The summed E-state index contributed by atoms with van der Waals surface area (Å²) in [5.74, 6) is -0.704. The van der Waals surface area contributed by atoms with Gasteiger partial charge in [0.15, 0.2) is 11.6 Å². The summed E-state index contributed by atoms with van der Waals surface area (Å²) in [5, 5.41) is 8.38. The molecule has 0 aromatic heterocycles. The summed E-state index contributed by atoms with van der Waals surface area (Å²) in [4.78, 5) is 0. The Kier molecular flexibility index (Phi) is 5.06. The Morgan fingerprint density at radius 2 is 1.80 bits per heavy atom. The van der Waals surface area contributed by atoms with E-state index in [1.807, 2.05) is 12.1 Å². The van der Waals surface area contributed by atoms with E-state index < -0.39 is 11.6 Å². The van der Waals surface area contributed by atoms with Crippen LogP contribution in [-0.4, -0.2) is 0 Å². The summed E-state index contributed by atoms with van der Waals surface area (Å²) >= 11 is 0. The van der Waals surface area contributed by atoms with Crippen LogP contribution in [0, 0.1) is 28.9 Å². The van der Waals surface area contributed by atoms with E-state index in [0.29, 0.717) is 11.8 Å². The zero-order chi connectivity index (χ0) is 14.4. The normalized spacial score (nSPS) is 23.2. The molecule has 0 heterocycles. The maximum Gasteiger partial charge on any atom is 0.159 e. The quantitative estimate of drug-likeness (QED) is 0.569. The van der Waals surface area contributed by atoms with Crippen molar-refractivity contribution in [2.45, 2.75) is 31.6 Å². The second-order valence-corrected chi connectivity index (χ2v) is 5.16. The second kappa shape index (κ2) is 7.00. The molecule has 0 atom stereocenters. The summed E-state index contributed by atoms with van der Waals surface area (Å²) in [5.41, 5.74) is 0.899. The fourth-order valence-corrected chi connectivity index (χ4v) is 2.73. The SMILES string of the molecule is N#CC=CC=C[C@H]1CC[C@H](c2ccc(F)c(F)c2)CC1. The van der Waals surface area contributed by atoms with Crippen LogP contribution in [0.4, 0.5) is 8.78 Å². The van der Waals surface area contributed by atoms with Crippen LogP contribution in [0.5, 0.6) is 0 Å². The van der Waals surface area contributed by atoms with Crippen LogP contribution >= 0.6 is 0 Å². The highest BCUT2D eigenvalue weighted by molar-refractivity contribution is 5.22. The molecule has 0 unspecified atom stereocenters. The molecule has 3 heteroatoms. The van der Waals surface area contributed by atoms with Crippen LogP contribution in [0.15, 0.2) is 42.5 Å². The van der Waals surface area contributed by atoms with Crippen molar-refractivity contribution in [3.63, 3.8) is 0 Å². The largest absolute Gasteiger partial charge is 0.204 e. The van der Waals surface area contributed by atoms with Gasteiger partial charge in [0.05, 0.1) is 6.07 Å². The highest BCUT2D eigenvalue weighted by Crippen LogP contribution is 2.36. The van der Waals surface area contributed by atoms with Gasteiger partial charge in [-0.05, 0) is 55.2 Å². The number of hydrogen-bond acceptors (Lipinski definition) is 1. The number of nitrogens with zero attached hydrogens (tertiary/aromatic N) is 1. The second-order valence-electron chi connectivity index (χ2n) is 5.16. The van der Waals surface area contributed by atoms with Gasteiger partial charge < -0.3 is 0 Å². The lowest BCUT2D eigenvalue weighted by Crippen LogP contribution is -2.12. The van der Waals surface area contributed by atoms with Gasteiger partial charge in [0.1, 0.15) is 0 Å². The van der Waals surface area contributed by atoms with Crippen LogP contribution in [0.2, 0.25) is 0 Å². The van der Waals surface area contributed by atoms with Crippen molar-refractivity contribution in [1.82, 2.24) is 0 Å². The summed E-state index contributed by atoms with van der Waals surface area (Å²) in [6, 6.07) is 6.17. The molecule has 1 fully saturated rings. The van der Waals surface area contributed by atoms with Crippen LogP contribution in [-0.2, 0) is 0 Å². The molecule has 20 heavy (non-hydrogen) atoms. The Morgan fingerprint density at radius 3 is 2.45 bits per heavy atom. The number of allylic oxidation sites excluding steroid dienone is 4. The maximum atomic E-state index is 13.2. The van der Waals surface area contributed by atoms with Crippen molar-refractivity contribution in [3.05, 3.63) is 59.7 Å². The third-order valence-corrected chi connectivity index (χ3v) is 3.85. The molecule has 104 valence electrons. The molecule has 0 saturated heterocycles. The van der Waals surface area contributed by atoms with Gasteiger partial charge >= 0.3 is 0 Å². The Hall–Kier alpha value is -1.95. The van der Waals surface area contributed by atoms with Crippen molar-refractivity contribution in [2.75, 3.05) is 0 Å². The monoisotopic (exact) mass is 273 g/mol. The van der Waals surface area contributed by atoms with Gasteiger partial charge in [-0.25, -0.2) is 8.78 Å². The van der Waals surface area contributed by atoms with Crippen molar-refractivity contribution in [2.24, 2.45) is 5.92 Å². The molecule has 1 saturated carbocycles. The van der Waals surface area contributed by atoms with E-state index >= 15 is 0 Å². The molecule has 0 aliphatic heterocycles. The Labute approximate surface area is 118 Å². The predicted molar refractivity (Wildman–Crippen MR) is 75.0 cm³/mol. The first kappa shape index (κ1) is 14.5. The molecule has 1 aliphatic carbocycles. The number of rotatable bonds is 3. The topological polar surface area (TPSA) is 23.8 Å². The lowest BCUT2D eigenvalue weighted by molar-refractivity contribution is 0.374. The van der Waals surface area contributed by atoms with E-state index in [0.717, 1.165) is 31.2 Å². The van der Waals surface area contributed by atoms with Crippen LogP contribution in [0.3, 0.4) is 0 Å². The van der Waals surface area contributed by atoms with Gasteiger partial charge in [0.25, 0.3) is 0 Å². The van der Waals surface area contributed by atoms with E-state index in [-0.39, 0.29) is 0 Å². The summed E-state index contributed by atoms with van der Waals surface area (Å²) in [7, 11) is 0. The molecule has 0 amide bonds. The zero-order valence-electron chi connectivity index (χ0n) is 11.2. The molecule has 0 radical (unpaired) electrons. The minimum atomic E-state index is -0.783. The first-order valence-corrected chi connectivity index (χ1v) is 6.88. The first-order chi connectivity index (χ1) is 9.70. The molecule has 0 bridgehead atoms. The van der Waals surface area contributed by atoms with E-state index in [1.54, 1.807) is 12.1 Å². The minimum Gasteiger partial charge on any atom is -0.204 e. The average molecular weight is 273 g/mol. The molecule has 2 rings (SSSR count). The average Bonchev–Trinajstić information content (AvgIpc) is 2.47. The summed E-state index contributed by atoms with van der Waals surface area (Å²) in [6.07, 6.45) is 11.3. The van der Waals surface area contributed by atoms with Gasteiger partial charge in [-0.3, -0.25) is 0 Å². The molecule has 1 aromatic rings. The minimum absolute atomic E-state index is 0.324. The number of hydrogen-bond donors (Lipinski definition) is 0. The van der Waals surface area contributed by atoms with Gasteiger partial charge in [0.2, 0.25) is 0 Å². The van der Waals surface area contributed by atoms with E-state index in [9.17, 15) is 8.78 Å². The van der Waals surface area contributed by atoms with Gasteiger partial charge in [-0.1, -0.05) is 24.3 Å². The Morgan fingerprint density at radius 1 is 1.05 bits per heavy atom. The van der Waals surface area contributed by atoms with Crippen LogP contribution in [0.1, 0.15) is 37.2 Å². The van der Waals surface area contributed by atoms with E-state index in [1.165, 1.54) is 18.2 Å². The maximum absolute atomic E-state index is 13.2. The van der Waals surface area contributed by atoms with Gasteiger partial charge in [-0.15, -0.1) is 0 Å². The Bertz CT molecular complexity index is 547. The predicted octanol–water partition coefficient (Wildman–Crippen LogP) is 4.87. The number of halogens is 2. The number of nitriles is 1. The fraction of sp³-hybridized carbons (Fsp3) is 0.353. The third-order valence-electron chi connectivity index (χ3n) is 3.85. The van der Waals surface area contributed by atoms with Crippen molar-refractivity contribution in [3.8, 4) is 6.07 Å². The van der Waals surface area contributed by atoms with Crippen molar-refractivity contribution < 1.29 is 8.78 Å². The molecule has 1 aliphatic rings. The van der Waals surface area contributed by atoms with Crippen LogP contribution in [0.25, 0.3) is 0 Å². The molecule has 1 aromatic carbocycles. The van der Waals surface area contributed by atoms with Gasteiger partial charge in [-0.2, -0.15) is 5.26 Å². The summed E-state index contributed by atoms with van der Waals surface area (Å²) < 4.78 is 26.1. The standard InChI is InChI=1S/C17H17F2N/c18-16-10-9-15(12-17(16)19)14-7-5-13(6-8-14)4-2-1-3-11-20/h1-4,9-10,12-14H,5-8H2/t13-,14-. The third kappa shape index (κ3) is 3.77. The van der Waals surface area contributed by atoms with Crippen molar-refractivity contribution in [1.29, 1.82) is 5.26 Å². The molecule has 1 nitrogen and oxygen atoms in total. The molecular formula is C17H17F2N. The number of benzene rings is 1. The lowest BCUT2D eigenvalue weighted by Gasteiger charge is -2.27. The molecule has 0 spiro atoms. The highest BCUT2D eigenvalue weighted by Gasteiger charge is 2.21. The highest BCUT2D eigenvalue weighted by atomic mass is 19.2. The molecule has 0 N–H and O–H groups in total. The summed E-state index contributed by atoms with van der Waals surface area (Å²) in [6.45, 7) is 0. The zero-order valence-corrected chi connectivity index (χ0v) is 11.2. The lowest BCUT2D eigenvalue weighted by atomic mass is 9.78. The van der Waals surface area contributed by atoms with Gasteiger partial charge in [0, 0.05) is 6.08 Å². The van der Waals surface area contributed by atoms with Crippen LogP contribution < -0.4 is 0 Å². The fourth-order valence-electron chi connectivity index (χ4n) is 2.73. The Balaban J connectivity index is 1.91. The van der Waals surface area contributed by atoms with E-state index in [4.69, 9.17) is 5.26 Å².